The van der Waals surface area contributed by atoms with Crippen molar-refractivity contribution in [3.05, 3.63) is 54.1 Å². The summed E-state index contributed by atoms with van der Waals surface area (Å²) < 4.78 is 6.98. The van der Waals surface area contributed by atoms with Crippen LogP contribution in [0, 0.1) is 0 Å². The Morgan fingerprint density at radius 1 is 1.36 bits per heavy atom. The second kappa shape index (κ2) is 9.73. The van der Waals surface area contributed by atoms with Crippen molar-refractivity contribution in [1.82, 2.24) is 14.9 Å². The standard InChI is InChI=1S/C17H21N3O4S/c1-20-12-18-9-14(20)11-25-8-7-15(16(21)22)19-17(23)24-10-13-5-3-2-4-6-13/h2-6,9,12,15H,7-8,10-11H2,1H3,(H,19,23)(H,21,22). The monoisotopic (exact) mass is 363 g/mol. The molecule has 1 atom stereocenters. The van der Waals surface area contributed by atoms with Crippen molar-refractivity contribution in [2.45, 2.75) is 24.8 Å². The van der Waals surface area contributed by atoms with E-state index in [0.717, 1.165) is 17.0 Å². The molecule has 2 rings (SSSR count). The molecular formula is C17H21N3O4S. The van der Waals surface area contributed by atoms with Gasteiger partial charge in [-0.15, -0.1) is 0 Å². The summed E-state index contributed by atoms with van der Waals surface area (Å²) in [5.41, 5.74) is 1.91. The van der Waals surface area contributed by atoms with Crippen LogP contribution in [-0.4, -0.2) is 38.5 Å². The van der Waals surface area contributed by atoms with Crippen LogP contribution in [-0.2, 0) is 28.9 Å². The number of ether oxygens (including phenoxy) is 1. The summed E-state index contributed by atoms with van der Waals surface area (Å²) in [6, 6.07) is 8.25. The zero-order valence-corrected chi connectivity index (χ0v) is 14.7. The van der Waals surface area contributed by atoms with Gasteiger partial charge in [0.25, 0.3) is 0 Å². The highest BCUT2D eigenvalue weighted by molar-refractivity contribution is 7.98. The zero-order chi connectivity index (χ0) is 18.1. The predicted octanol–water partition coefficient (Wildman–Crippen LogP) is 2.42. The number of amides is 1. The van der Waals surface area contributed by atoms with Crippen LogP contribution in [0.1, 0.15) is 17.7 Å². The molecule has 134 valence electrons. The molecular weight excluding hydrogens is 342 g/mol. The molecule has 8 heteroatoms. The van der Waals surface area contributed by atoms with E-state index in [1.807, 2.05) is 41.9 Å². The molecule has 7 nitrogen and oxygen atoms in total. The van der Waals surface area contributed by atoms with E-state index in [1.54, 1.807) is 24.3 Å². The lowest BCUT2D eigenvalue weighted by Crippen LogP contribution is -2.41. The Hall–Kier alpha value is -2.48. The van der Waals surface area contributed by atoms with Crippen LogP contribution in [0.25, 0.3) is 0 Å². The Kier molecular flexibility index (Phi) is 7.34. The number of rotatable bonds is 9. The molecule has 2 aromatic rings. The van der Waals surface area contributed by atoms with Crippen molar-refractivity contribution in [2.75, 3.05) is 5.75 Å². The largest absolute Gasteiger partial charge is 0.480 e. The Morgan fingerprint density at radius 3 is 2.76 bits per heavy atom. The minimum absolute atomic E-state index is 0.105. The van der Waals surface area contributed by atoms with E-state index in [9.17, 15) is 14.7 Å². The van der Waals surface area contributed by atoms with Gasteiger partial charge in [-0.25, -0.2) is 14.6 Å². The first-order valence-corrected chi connectivity index (χ1v) is 8.94. The third-order valence-electron chi connectivity index (χ3n) is 3.52. The highest BCUT2D eigenvalue weighted by Crippen LogP contribution is 2.13. The van der Waals surface area contributed by atoms with Crippen molar-refractivity contribution in [3.8, 4) is 0 Å². The van der Waals surface area contributed by atoms with Crippen molar-refractivity contribution in [2.24, 2.45) is 7.05 Å². The van der Waals surface area contributed by atoms with E-state index in [4.69, 9.17) is 4.74 Å². The van der Waals surface area contributed by atoms with Gasteiger partial charge in [0.05, 0.1) is 6.33 Å². The van der Waals surface area contributed by atoms with Gasteiger partial charge in [0.2, 0.25) is 0 Å². The molecule has 1 aromatic carbocycles. The zero-order valence-electron chi connectivity index (χ0n) is 13.9. The highest BCUT2D eigenvalue weighted by Gasteiger charge is 2.20. The van der Waals surface area contributed by atoms with Crippen molar-refractivity contribution in [1.29, 1.82) is 0 Å². The van der Waals surface area contributed by atoms with Gasteiger partial charge in [0.15, 0.2) is 0 Å². The number of benzene rings is 1. The van der Waals surface area contributed by atoms with Crippen LogP contribution in [0.5, 0.6) is 0 Å². The molecule has 0 aliphatic rings. The van der Waals surface area contributed by atoms with Gasteiger partial charge in [-0.1, -0.05) is 30.3 Å². The second-order valence-corrected chi connectivity index (χ2v) is 6.54. The molecule has 1 amide bonds. The summed E-state index contributed by atoms with van der Waals surface area (Å²) in [7, 11) is 1.91. The molecule has 0 spiro atoms. The summed E-state index contributed by atoms with van der Waals surface area (Å²) in [4.78, 5) is 27.1. The third kappa shape index (κ3) is 6.50. The Bertz CT molecular complexity index is 690. The van der Waals surface area contributed by atoms with Crippen LogP contribution in [0.15, 0.2) is 42.9 Å². The summed E-state index contributed by atoms with van der Waals surface area (Å²) >= 11 is 1.59. The quantitative estimate of drug-likeness (QED) is 0.665. The molecule has 0 aliphatic carbocycles. The number of carboxylic acid groups (broad SMARTS) is 1. The second-order valence-electron chi connectivity index (χ2n) is 5.43. The predicted molar refractivity (Wildman–Crippen MR) is 95.2 cm³/mol. The number of aliphatic carboxylic acids is 1. The first kappa shape index (κ1) is 18.9. The smallest absolute Gasteiger partial charge is 0.408 e. The SMILES string of the molecule is Cn1cncc1CSCCC(NC(=O)OCc1ccccc1)C(=O)O. The fourth-order valence-electron chi connectivity index (χ4n) is 2.07. The lowest BCUT2D eigenvalue weighted by Gasteiger charge is -2.14. The van der Waals surface area contributed by atoms with Gasteiger partial charge in [-0.2, -0.15) is 11.8 Å². The number of nitrogens with zero attached hydrogens (tertiary/aromatic N) is 2. The molecule has 0 saturated carbocycles. The molecule has 2 N–H and O–H groups in total. The normalized spacial score (nSPS) is 11.7. The van der Waals surface area contributed by atoms with Crippen molar-refractivity contribution >= 4 is 23.8 Å². The minimum Gasteiger partial charge on any atom is -0.480 e. The van der Waals surface area contributed by atoms with E-state index in [-0.39, 0.29) is 6.61 Å². The summed E-state index contributed by atoms with van der Waals surface area (Å²) in [5, 5.41) is 11.6. The molecule has 1 heterocycles. The van der Waals surface area contributed by atoms with Gasteiger partial charge in [-0.05, 0) is 17.7 Å². The molecule has 0 radical (unpaired) electrons. The molecule has 0 bridgehead atoms. The fraction of sp³-hybridized carbons (Fsp3) is 0.353. The first-order chi connectivity index (χ1) is 12.1. The summed E-state index contributed by atoms with van der Waals surface area (Å²) in [6.45, 7) is 0.105. The summed E-state index contributed by atoms with van der Waals surface area (Å²) in [6.07, 6.45) is 3.09. The van der Waals surface area contributed by atoms with E-state index >= 15 is 0 Å². The maximum atomic E-state index is 11.8. The van der Waals surface area contributed by atoms with Crippen molar-refractivity contribution in [3.63, 3.8) is 0 Å². The fourth-order valence-corrected chi connectivity index (χ4v) is 3.10. The number of imidazole rings is 1. The topological polar surface area (TPSA) is 93.5 Å². The number of nitrogens with one attached hydrogen (secondary N) is 1. The molecule has 0 fully saturated rings. The maximum absolute atomic E-state index is 11.8. The number of aryl methyl sites for hydroxylation is 1. The Morgan fingerprint density at radius 2 is 2.12 bits per heavy atom. The van der Waals surface area contributed by atoms with Gasteiger partial charge in [-0.3, -0.25) is 0 Å². The van der Waals surface area contributed by atoms with Gasteiger partial charge < -0.3 is 19.7 Å². The van der Waals surface area contributed by atoms with Crippen LogP contribution in [0.2, 0.25) is 0 Å². The van der Waals surface area contributed by atoms with Crippen LogP contribution in [0.4, 0.5) is 4.79 Å². The maximum Gasteiger partial charge on any atom is 0.408 e. The number of aromatic nitrogens is 2. The molecule has 1 aromatic heterocycles. The number of alkyl carbamates (subject to hydrolysis) is 1. The van der Waals surface area contributed by atoms with Crippen molar-refractivity contribution < 1.29 is 19.4 Å². The van der Waals surface area contributed by atoms with Gasteiger partial charge in [0, 0.05) is 24.7 Å². The molecule has 25 heavy (non-hydrogen) atoms. The van der Waals surface area contributed by atoms with Crippen LogP contribution >= 0.6 is 11.8 Å². The summed E-state index contributed by atoms with van der Waals surface area (Å²) in [5.74, 6) is 0.264. The third-order valence-corrected chi connectivity index (χ3v) is 4.54. The number of carbonyl (C=O) groups excluding carboxylic acids is 1. The van der Waals surface area contributed by atoms with Gasteiger partial charge in [0.1, 0.15) is 12.6 Å². The van der Waals surface area contributed by atoms with E-state index < -0.39 is 18.1 Å². The first-order valence-electron chi connectivity index (χ1n) is 7.79. The number of hydrogen-bond acceptors (Lipinski definition) is 5. The van der Waals surface area contributed by atoms with Crippen LogP contribution < -0.4 is 5.32 Å². The average molecular weight is 363 g/mol. The number of thioether (sulfide) groups is 1. The molecule has 1 unspecified atom stereocenters. The Balaban J connectivity index is 1.71. The highest BCUT2D eigenvalue weighted by atomic mass is 32.2. The van der Waals surface area contributed by atoms with E-state index in [0.29, 0.717) is 12.2 Å². The number of carboxylic acids is 1. The lowest BCUT2D eigenvalue weighted by molar-refractivity contribution is -0.139. The average Bonchev–Trinajstić information content (AvgIpc) is 3.01. The van der Waals surface area contributed by atoms with Gasteiger partial charge >= 0.3 is 12.1 Å². The lowest BCUT2D eigenvalue weighted by atomic mass is 10.2. The molecule has 0 aliphatic heterocycles. The van der Waals surface area contributed by atoms with E-state index in [2.05, 4.69) is 10.3 Å². The van der Waals surface area contributed by atoms with E-state index in [1.165, 1.54) is 0 Å². The minimum atomic E-state index is -1.07. The Labute approximate surface area is 150 Å². The number of hydrogen-bond donors (Lipinski definition) is 2. The number of carbonyl (C=O) groups is 2. The van der Waals surface area contributed by atoms with Crippen LogP contribution in [0.3, 0.4) is 0 Å². The molecule has 0 saturated heterocycles.